The van der Waals surface area contributed by atoms with E-state index in [1.165, 1.54) is 26.4 Å². The van der Waals surface area contributed by atoms with Gasteiger partial charge in [0.1, 0.15) is 6.04 Å². The average Bonchev–Trinajstić information content (AvgIpc) is 2.53. The molecule has 0 bridgehead atoms. The number of nitrogens with one attached hydrogen (secondary N) is 2. The van der Waals surface area contributed by atoms with Crippen LogP contribution in [0.1, 0.15) is 5.56 Å². The summed E-state index contributed by atoms with van der Waals surface area (Å²) in [6.07, 6.45) is 0. The second kappa shape index (κ2) is 9.58. The first kappa shape index (κ1) is 19.5. The summed E-state index contributed by atoms with van der Waals surface area (Å²) in [4.78, 5) is 11.8. The number of rotatable bonds is 10. The first-order valence-corrected chi connectivity index (χ1v) is 8.49. The summed E-state index contributed by atoms with van der Waals surface area (Å²) in [5.74, 6) is -0.329. The first-order valence-electron chi connectivity index (χ1n) is 7.00. The van der Waals surface area contributed by atoms with E-state index in [0.29, 0.717) is 6.61 Å². The van der Waals surface area contributed by atoms with E-state index in [1.54, 1.807) is 12.1 Å². The van der Waals surface area contributed by atoms with Crippen molar-refractivity contribution in [3.63, 3.8) is 0 Å². The van der Waals surface area contributed by atoms with E-state index in [4.69, 9.17) is 15.2 Å². The van der Waals surface area contributed by atoms with Crippen LogP contribution in [0.4, 0.5) is 0 Å². The van der Waals surface area contributed by atoms with Gasteiger partial charge in [-0.3, -0.25) is 4.79 Å². The zero-order valence-corrected chi connectivity index (χ0v) is 14.1. The van der Waals surface area contributed by atoms with Crippen molar-refractivity contribution in [2.75, 3.05) is 34.0 Å². The van der Waals surface area contributed by atoms with Gasteiger partial charge in [0.2, 0.25) is 15.9 Å². The van der Waals surface area contributed by atoms with Crippen LogP contribution >= 0.6 is 0 Å². The third kappa shape index (κ3) is 6.63. The highest BCUT2D eigenvalue weighted by molar-refractivity contribution is 7.89. The van der Waals surface area contributed by atoms with Crippen LogP contribution < -0.4 is 15.8 Å². The van der Waals surface area contributed by atoms with Crippen molar-refractivity contribution in [1.82, 2.24) is 10.0 Å². The lowest BCUT2D eigenvalue weighted by molar-refractivity contribution is -0.123. The maximum atomic E-state index is 12.0. The van der Waals surface area contributed by atoms with Crippen LogP contribution in [-0.2, 0) is 30.8 Å². The number of hydrogen-bond acceptors (Lipinski definition) is 6. The van der Waals surface area contributed by atoms with Gasteiger partial charge in [-0.15, -0.1) is 0 Å². The standard InChI is InChI=1S/C14H23N3O5S/c1-21-8-7-17-23(19,20)12-5-3-11(4-6-12)9-16-14(18)13(15)10-22-2/h3-6,13,17H,7-10,15H2,1-2H3,(H,16,18). The average molecular weight is 345 g/mol. The first-order chi connectivity index (χ1) is 10.9. The maximum absolute atomic E-state index is 12.0. The lowest BCUT2D eigenvalue weighted by atomic mass is 10.2. The number of ether oxygens (including phenoxy) is 2. The smallest absolute Gasteiger partial charge is 0.240 e. The fourth-order valence-electron chi connectivity index (χ4n) is 1.72. The lowest BCUT2D eigenvalue weighted by Gasteiger charge is -2.11. The second-order valence-electron chi connectivity index (χ2n) is 4.81. The monoisotopic (exact) mass is 345 g/mol. The van der Waals surface area contributed by atoms with Gasteiger partial charge in [-0.1, -0.05) is 12.1 Å². The number of carbonyl (C=O) groups is 1. The van der Waals surface area contributed by atoms with E-state index in [1.807, 2.05) is 0 Å². The topological polar surface area (TPSA) is 120 Å². The summed E-state index contributed by atoms with van der Waals surface area (Å²) in [5.41, 5.74) is 6.36. The molecule has 1 aromatic rings. The molecule has 0 aromatic heterocycles. The molecule has 0 saturated heterocycles. The molecule has 1 atom stereocenters. The van der Waals surface area contributed by atoms with Gasteiger partial charge in [0.15, 0.2) is 0 Å². The number of nitrogens with two attached hydrogens (primary N) is 1. The number of benzene rings is 1. The Hall–Kier alpha value is -1.52. The number of carbonyl (C=O) groups excluding carboxylic acids is 1. The van der Waals surface area contributed by atoms with Crippen LogP contribution in [0.3, 0.4) is 0 Å². The Kier molecular flexibility index (Phi) is 8.13. The number of methoxy groups -OCH3 is 2. The molecule has 4 N–H and O–H groups in total. The summed E-state index contributed by atoms with van der Waals surface area (Å²) < 4.78 is 36.0. The molecule has 0 fully saturated rings. The Labute approximate surface area is 136 Å². The quantitative estimate of drug-likeness (QED) is 0.478. The maximum Gasteiger partial charge on any atom is 0.240 e. The summed E-state index contributed by atoms with van der Waals surface area (Å²) in [6.45, 7) is 0.892. The molecule has 9 heteroatoms. The normalized spacial score (nSPS) is 12.8. The Morgan fingerprint density at radius 2 is 1.87 bits per heavy atom. The molecule has 23 heavy (non-hydrogen) atoms. The van der Waals surface area contributed by atoms with E-state index < -0.39 is 16.1 Å². The minimum atomic E-state index is -3.56. The van der Waals surface area contributed by atoms with E-state index in [2.05, 4.69) is 10.0 Å². The minimum Gasteiger partial charge on any atom is -0.383 e. The third-order valence-electron chi connectivity index (χ3n) is 2.98. The number of sulfonamides is 1. The van der Waals surface area contributed by atoms with Gasteiger partial charge in [0.05, 0.1) is 18.1 Å². The Morgan fingerprint density at radius 1 is 1.22 bits per heavy atom. The molecule has 8 nitrogen and oxygen atoms in total. The molecule has 0 radical (unpaired) electrons. The van der Waals surface area contributed by atoms with Gasteiger partial charge in [0, 0.05) is 27.3 Å². The lowest BCUT2D eigenvalue weighted by Crippen LogP contribution is -2.43. The fraction of sp³-hybridized carbons (Fsp3) is 0.500. The fourth-order valence-corrected chi connectivity index (χ4v) is 2.74. The van der Waals surface area contributed by atoms with Gasteiger partial charge >= 0.3 is 0 Å². The molecule has 0 aliphatic heterocycles. The van der Waals surface area contributed by atoms with Crippen molar-refractivity contribution in [2.24, 2.45) is 5.73 Å². The third-order valence-corrected chi connectivity index (χ3v) is 4.46. The van der Waals surface area contributed by atoms with E-state index >= 15 is 0 Å². The largest absolute Gasteiger partial charge is 0.383 e. The Balaban J connectivity index is 2.58. The van der Waals surface area contributed by atoms with Gasteiger partial charge in [-0.25, -0.2) is 13.1 Å². The van der Waals surface area contributed by atoms with Crippen molar-refractivity contribution < 1.29 is 22.7 Å². The van der Waals surface area contributed by atoms with Crippen molar-refractivity contribution in [3.05, 3.63) is 29.8 Å². The zero-order chi connectivity index (χ0) is 17.3. The molecule has 1 unspecified atom stereocenters. The molecule has 1 rings (SSSR count). The molecule has 0 heterocycles. The van der Waals surface area contributed by atoms with Gasteiger partial charge in [0.25, 0.3) is 0 Å². The Bertz CT molecular complexity index is 589. The van der Waals surface area contributed by atoms with Crippen LogP contribution in [0.15, 0.2) is 29.2 Å². The molecule has 0 aliphatic rings. The SMILES string of the molecule is COCCNS(=O)(=O)c1ccc(CNC(=O)C(N)COC)cc1. The van der Waals surface area contributed by atoms with Gasteiger partial charge in [-0.2, -0.15) is 0 Å². The van der Waals surface area contributed by atoms with Gasteiger partial charge in [-0.05, 0) is 17.7 Å². The molecule has 0 saturated carbocycles. The number of amides is 1. The predicted molar refractivity (Wildman–Crippen MR) is 85.2 cm³/mol. The summed E-state index contributed by atoms with van der Waals surface area (Å²) in [6, 6.07) is 5.49. The predicted octanol–water partition coefficient (Wildman–Crippen LogP) is -0.799. The van der Waals surface area contributed by atoms with Crippen LogP contribution in [-0.4, -0.2) is 54.3 Å². The van der Waals surface area contributed by atoms with Crippen LogP contribution in [0, 0.1) is 0 Å². The molecular formula is C14H23N3O5S. The molecule has 1 aromatic carbocycles. The van der Waals surface area contributed by atoms with Crippen molar-refractivity contribution in [2.45, 2.75) is 17.5 Å². The highest BCUT2D eigenvalue weighted by Crippen LogP contribution is 2.10. The highest BCUT2D eigenvalue weighted by atomic mass is 32.2. The van der Waals surface area contributed by atoms with Crippen LogP contribution in [0.2, 0.25) is 0 Å². The van der Waals surface area contributed by atoms with Crippen molar-refractivity contribution in [3.8, 4) is 0 Å². The molecular weight excluding hydrogens is 322 g/mol. The zero-order valence-electron chi connectivity index (χ0n) is 13.2. The highest BCUT2D eigenvalue weighted by Gasteiger charge is 2.14. The Morgan fingerprint density at radius 3 is 2.43 bits per heavy atom. The van der Waals surface area contributed by atoms with E-state index in [9.17, 15) is 13.2 Å². The van der Waals surface area contributed by atoms with E-state index in [-0.39, 0.29) is 30.5 Å². The molecule has 1 amide bonds. The molecule has 0 spiro atoms. The summed E-state index contributed by atoms with van der Waals surface area (Å²) in [5, 5.41) is 2.66. The van der Waals surface area contributed by atoms with Gasteiger partial charge < -0.3 is 20.5 Å². The van der Waals surface area contributed by atoms with Crippen LogP contribution in [0.5, 0.6) is 0 Å². The minimum absolute atomic E-state index is 0.135. The number of hydrogen-bond donors (Lipinski definition) is 3. The molecule has 130 valence electrons. The second-order valence-corrected chi connectivity index (χ2v) is 6.58. The summed E-state index contributed by atoms with van der Waals surface area (Å²) >= 11 is 0. The van der Waals surface area contributed by atoms with Crippen molar-refractivity contribution in [1.29, 1.82) is 0 Å². The summed E-state index contributed by atoms with van der Waals surface area (Å²) in [7, 11) is -0.594. The molecule has 0 aliphatic carbocycles. The van der Waals surface area contributed by atoms with E-state index in [0.717, 1.165) is 5.56 Å². The van der Waals surface area contributed by atoms with Crippen molar-refractivity contribution >= 4 is 15.9 Å². The van der Waals surface area contributed by atoms with Crippen LogP contribution in [0.25, 0.3) is 0 Å².